The first kappa shape index (κ1) is 16.0. The van der Waals surface area contributed by atoms with Gasteiger partial charge in [0, 0.05) is 10.7 Å². The number of aromatic nitrogens is 1. The molecule has 0 saturated heterocycles. The smallest absolute Gasteiger partial charge is 0.299 e. The zero-order valence-corrected chi connectivity index (χ0v) is 13.7. The number of hydrogen-bond acceptors (Lipinski definition) is 5. The van der Waals surface area contributed by atoms with Gasteiger partial charge >= 0.3 is 0 Å². The first-order valence-electron chi connectivity index (χ1n) is 7.05. The Morgan fingerprint density at radius 2 is 1.88 bits per heavy atom. The lowest BCUT2D eigenvalue weighted by Crippen LogP contribution is -1.98. The fourth-order valence-corrected chi connectivity index (χ4v) is 2.47. The summed E-state index contributed by atoms with van der Waals surface area (Å²) in [6.45, 7) is 1.77. The predicted octanol–water partition coefficient (Wildman–Crippen LogP) is 4.91. The number of benzene rings is 2. The van der Waals surface area contributed by atoms with Gasteiger partial charge in [-0.25, -0.2) is 4.98 Å². The van der Waals surface area contributed by atoms with Crippen LogP contribution in [0.2, 0.25) is 5.02 Å². The maximum absolute atomic E-state index is 11.4. The van der Waals surface area contributed by atoms with E-state index in [1.54, 1.807) is 43.3 Å². The molecule has 0 N–H and O–H groups in total. The molecule has 2 aromatic carbocycles. The van der Waals surface area contributed by atoms with Crippen LogP contribution in [0.5, 0.6) is 17.2 Å². The van der Waals surface area contributed by atoms with Crippen LogP contribution in [-0.2, 0) is 0 Å². The Hall–Kier alpha value is -2.86. The van der Waals surface area contributed by atoms with Crippen molar-refractivity contribution in [2.24, 2.45) is 0 Å². The number of pyridine rings is 1. The van der Waals surface area contributed by atoms with Gasteiger partial charge in [-0.05, 0) is 43.3 Å². The van der Waals surface area contributed by atoms with E-state index in [1.165, 1.54) is 13.2 Å². The minimum absolute atomic E-state index is 0.131. The standard InChI is InChI=1S/C17H13ClN2O4/c1-10-3-8-13-16(19-10)14(20(21)22)9-15(23-2)17(13)24-12-6-4-11(18)5-7-12/h3-9H,1-2H3. The van der Waals surface area contributed by atoms with Gasteiger partial charge in [0.05, 0.1) is 23.5 Å². The SMILES string of the molecule is COc1cc([N+](=O)[O-])c2nc(C)ccc2c1Oc1ccc(Cl)cc1. The highest BCUT2D eigenvalue weighted by atomic mass is 35.5. The molecule has 0 atom stereocenters. The zero-order valence-electron chi connectivity index (χ0n) is 12.9. The van der Waals surface area contributed by atoms with Crippen LogP contribution in [0.3, 0.4) is 0 Å². The highest BCUT2D eigenvalue weighted by Crippen LogP contribution is 2.42. The fraction of sp³-hybridized carbons (Fsp3) is 0.118. The van der Waals surface area contributed by atoms with Gasteiger partial charge in [-0.1, -0.05) is 11.6 Å². The number of ether oxygens (including phenoxy) is 2. The molecule has 1 aromatic heterocycles. The van der Waals surface area contributed by atoms with Crippen molar-refractivity contribution in [1.82, 2.24) is 4.98 Å². The van der Waals surface area contributed by atoms with Crippen LogP contribution in [0.25, 0.3) is 10.9 Å². The van der Waals surface area contributed by atoms with E-state index >= 15 is 0 Å². The fourth-order valence-electron chi connectivity index (χ4n) is 2.34. The summed E-state index contributed by atoms with van der Waals surface area (Å²) >= 11 is 5.88. The molecule has 24 heavy (non-hydrogen) atoms. The third-order valence-electron chi connectivity index (χ3n) is 3.46. The van der Waals surface area contributed by atoms with Gasteiger partial charge in [-0.15, -0.1) is 0 Å². The number of nitrogens with zero attached hydrogens (tertiary/aromatic N) is 2. The van der Waals surface area contributed by atoms with Gasteiger partial charge in [0.1, 0.15) is 5.75 Å². The average molecular weight is 345 g/mol. The van der Waals surface area contributed by atoms with Crippen LogP contribution in [-0.4, -0.2) is 17.0 Å². The molecule has 0 unspecified atom stereocenters. The van der Waals surface area contributed by atoms with E-state index in [9.17, 15) is 10.1 Å². The van der Waals surface area contributed by atoms with Crippen molar-refractivity contribution in [1.29, 1.82) is 0 Å². The first-order valence-corrected chi connectivity index (χ1v) is 7.43. The number of halogens is 1. The number of methoxy groups -OCH3 is 1. The summed E-state index contributed by atoms with van der Waals surface area (Å²) in [7, 11) is 1.43. The summed E-state index contributed by atoms with van der Waals surface area (Å²) in [5, 5.41) is 12.4. The number of aryl methyl sites for hydroxylation is 1. The van der Waals surface area contributed by atoms with E-state index in [0.29, 0.717) is 27.6 Å². The molecule has 0 bridgehead atoms. The van der Waals surface area contributed by atoms with E-state index in [1.807, 2.05) is 0 Å². The Bertz CT molecular complexity index is 926. The molecular weight excluding hydrogens is 332 g/mol. The Labute approximate surface area is 142 Å². The molecule has 0 aliphatic carbocycles. The van der Waals surface area contributed by atoms with Crippen molar-refractivity contribution in [3.05, 3.63) is 63.3 Å². The molecule has 3 rings (SSSR count). The summed E-state index contributed by atoms with van der Waals surface area (Å²) in [6.07, 6.45) is 0. The summed E-state index contributed by atoms with van der Waals surface area (Å²) in [5.41, 5.74) is 0.798. The van der Waals surface area contributed by atoms with Crippen LogP contribution in [0.4, 0.5) is 5.69 Å². The second kappa shape index (κ2) is 6.33. The lowest BCUT2D eigenvalue weighted by molar-refractivity contribution is -0.383. The summed E-state index contributed by atoms with van der Waals surface area (Å²) in [5.74, 6) is 1.16. The van der Waals surface area contributed by atoms with Crippen molar-refractivity contribution in [3.63, 3.8) is 0 Å². The van der Waals surface area contributed by atoms with E-state index in [-0.39, 0.29) is 17.0 Å². The Morgan fingerprint density at radius 1 is 1.17 bits per heavy atom. The molecule has 6 nitrogen and oxygen atoms in total. The Kier molecular flexibility index (Phi) is 4.22. The lowest BCUT2D eigenvalue weighted by Gasteiger charge is -2.13. The van der Waals surface area contributed by atoms with Crippen LogP contribution in [0.15, 0.2) is 42.5 Å². The molecule has 0 amide bonds. The third kappa shape index (κ3) is 2.96. The predicted molar refractivity (Wildman–Crippen MR) is 91.2 cm³/mol. The van der Waals surface area contributed by atoms with Gasteiger partial charge in [-0.3, -0.25) is 10.1 Å². The summed E-state index contributed by atoms with van der Waals surface area (Å²) < 4.78 is 11.2. The van der Waals surface area contributed by atoms with Gasteiger partial charge in [0.15, 0.2) is 17.0 Å². The maximum atomic E-state index is 11.4. The van der Waals surface area contributed by atoms with Crippen molar-refractivity contribution < 1.29 is 14.4 Å². The Balaban J connectivity index is 2.24. The number of rotatable bonds is 4. The van der Waals surface area contributed by atoms with Crippen molar-refractivity contribution in [2.45, 2.75) is 6.92 Å². The molecule has 0 spiro atoms. The molecule has 7 heteroatoms. The van der Waals surface area contributed by atoms with Crippen LogP contribution in [0.1, 0.15) is 5.69 Å². The summed E-state index contributed by atoms with van der Waals surface area (Å²) in [4.78, 5) is 15.2. The first-order chi connectivity index (χ1) is 11.5. The monoisotopic (exact) mass is 344 g/mol. The van der Waals surface area contributed by atoms with Gasteiger partial charge < -0.3 is 9.47 Å². The molecule has 0 fully saturated rings. The average Bonchev–Trinajstić information content (AvgIpc) is 2.56. The second-order valence-corrected chi connectivity index (χ2v) is 5.53. The van der Waals surface area contributed by atoms with E-state index in [4.69, 9.17) is 21.1 Å². The third-order valence-corrected chi connectivity index (χ3v) is 3.72. The van der Waals surface area contributed by atoms with E-state index in [2.05, 4.69) is 4.98 Å². The molecule has 0 saturated carbocycles. The van der Waals surface area contributed by atoms with Crippen LogP contribution in [0, 0.1) is 17.0 Å². The number of nitro groups is 1. The zero-order chi connectivity index (χ0) is 17.3. The van der Waals surface area contributed by atoms with Crippen molar-refractivity contribution >= 4 is 28.2 Å². The number of hydrogen-bond donors (Lipinski definition) is 0. The quantitative estimate of drug-likeness (QED) is 0.496. The van der Waals surface area contributed by atoms with E-state index < -0.39 is 4.92 Å². The summed E-state index contributed by atoms with van der Waals surface area (Å²) in [6, 6.07) is 11.6. The van der Waals surface area contributed by atoms with Gasteiger partial charge in [0.25, 0.3) is 5.69 Å². The second-order valence-electron chi connectivity index (χ2n) is 5.09. The Morgan fingerprint density at radius 3 is 2.50 bits per heavy atom. The molecule has 0 radical (unpaired) electrons. The highest BCUT2D eigenvalue weighted by molar-refractivity contribution is 6.30. The topological polar surface area (TPSA) is 74.5 Å². The molecule has 3 aromatic rings. The molecule has 0 aliphatic rings. The molecule has 1 heterocycles. The van der Waals surface area contributed by atoms with Crippen LogP contribution >= 0.6 is 11.6 Å². The van der Waals surface area contributed by atoms with Gasteiger partial charge in [0.2, 0.25) is 0 Å². The number of nitro benzene ring substituents is 1. The van der Waals surface area contributed by atoms with Crippen LogP contribution < -0.4 is 9.47 Å². The molecule has 0 aliphatic heterocycles. The van der Waals surface area contributed by atoms with Crippen molar-refractivity contribution in [2.75, 3.05) is 7.11 Å². The number of fused-ring (bicyclic) bond motifs is 1. The van der Waals surface area contributed by atoms with Gasteiger partial charge in [-0.2, -0.15) is 0 Å². The molecule has 122 valence electrons. The van der Waals surface area contributed by atoms with E-state index in [0.717, 1.165) is 0 Å². The minimum Gasteiger partial charge on any atom is -0.493 e. The largest absolute Gasteiger partial charge is 0.493 e. The number of non-ortho nitro benzene ring substituents is 1. The lowest BCUT2D eigenvalue weighted by atomic mass is 10.1. The molecular formula is C17H13ClN2O4. The minimum atomic E-state index is -0.483. The van der Waals surface area contributed by atoms with Crippen molar-refractivity contribution in [3.8, 4) is 17.2 Å². The maximum Gasteiger partial charge on any atom is 0.299 e. The normalized spacial score (nSPS) is 10.6. The highest BCUT2D eigenvalue weighted by Gasteiger charge is 2.22.